The van der Waals surface area contributed by atoms with Crippen LogP contribution in [0.25, 0.3) is 0 Å². The average Bonchev–Trinajstić information content (AvgIpc) is 2.55. The maximum absolute atomic E-state index is 2.52. The molecule has 0 radical (unpaired) electrons. The van der Waals surface area contributed by atoms with Gasteiger partial charge in [0, 0.05) is 18.3 Å². The van der Waals surface area contributed by atoms with Crippen molar-refractivity contribution in [1.29, 1.82) is 0 Å². The molecule has 2 rings (SSSR count). The average molecular weight is 175 g/mol. The second kappa shape index (κ2) is 3.41. The molecule has 1 atom stereocenters. The van der Waals surface area contributed by atoms with Gasteiger partial charge < -0.3 is 4.90 Å². The highest BCUT2D eigenvalue weighted by atomic mass is 15.2. The van der Waals surface area contributed by atoms with Gasteiger partial charge in [-0.3, -0.25) is 0 Å². The second-order valence-electron chi connectivity index (χ2n) is 3.68. The van der Waals surface area contributed by atoms with Crippen LogP contribution in [0.4, 0.5) is 5.69 Å². The first-order valence-electron chi connectivity index (χ1n) is 5.21. The molecule has 0 aromatic heterocycles. The summed E-state index contributed by atoms with van der Waals surface area (Å²) in [5, 5.41) is 0. The molecule has 0 spiro atoms. The highest BCUT2D eigenvalue weighted by molar-refractivity contribution is 5.59. The van der Waals surface area contributed by atoms with Crippen LogP contribution in [0.2, 0.25) is 0 Å². The summed E-state index contributed by atoms with van der Waals surface area (Å²) in [6, 6.07) is 9.52. The highest BCUT2D eigenvalue weighted by Gasteiger charge is 2.25. The standard InChI is InChI=1S/C12H17N/c1-3-11-9-10-7-5-6-8-12(10)13(11)4-2/h5-8,11H,3-4,9H2,1-2H3. The summed E-state index contributed by atoms with van der Waals surface area (Å²) in [4.78, 5) is 2.52. The van der Waals surface area contributed by atoms with Gasteiger partial charge >= 0.3 is 0 Å². The zero-order valence-electron chi connectivity index (χ0n) is 8.46. The van der Waals surface area contributed by atoms with Crippen LogP contribution in [-0.2, 0) is 6.42 Å². The number of para-hydroxylation sites is 1. The zero-order valence-corrected chi connectivity index (χ0v) is 8.46. The molecule has 1 nitrogen and oxygen atoms in total. The van der Waals surface area contributed by atoms with Crippen LogP contribution in [0, 0.1) is 0 Å². The summed E-state index contributed by atoms with van der Waals surface area (Å²) in [5.41, 5.74) is 2.98. The largest absolute Gasteiger partial charge is 0.368 e. The summed E-state index contributed by atoms with van der Waals surface area (Å²) in [5.74, 6) is 0. The van der Waals surface area contributed by atoms with Gasteiger partial charge in [-0.1, -0.05) is 25.1 Å². The molecule has 1 aromatic rings. The minimum atomic E-state index is 0.738. The third-order valence-electron chi connectivity index (χ3n) is 3.01. The molecule has 1 heterocycles. The number of likely N-dealkylation sites (N-methyl/N-ethyl adjacent to an activating group) is 1. The lowest BCUT2D eigenvalue weighted by Crippen LogP contribution is -2.30. The Morgan fingerprint density at radius 1 is 1.31 bits per heavy atom. The first-order chi connectivity index (χ1) is 6.36. The predicted octanol–water partition coefficient (Wildman–Crippen LogP) is 2.85. The molecule has 0 bridgehead atoms. The van der Waals surface area contributed by atoms with E-state index >= 15 is 0 Å². The summed E-state index contributed by atoms with van der Waals surface area (Å²) >= 11 is 0. The van der Waals surface area contributed by atoms with Crippen molar-refractivity contribution in [1.82, 2.24) is 0 Å². The molecule has 1 aliphatic heterocycles. The Morgan fingerprint density at radius 3 is 2.77 bits per heavy atom. The Labute approximate surface area is 80.4 Å². The molecule has 0 N–H and O–H groups in total. The normalized spacial score (nSPS) is 20.5. The lowest BCUT2D eigenvalue weighted by molar-refractivity contribution is 0.615. The van der Waals surface area contributed by atoms with E-state index in [1.807, 2.05) is 0 Å². The van der Waals surface area contributed by atoms with Crippen LogP contribution in [0.5, 0.6) is 0 Å². The SMILES string of the molecule is CCC1Cc2ccccc2N1CC. The summed E-state index contributed by atoms with van der Waals surface area (Å²) in [6.45, 7) is 5.65. The smallest absolute Gasteiger partial charge is 0.0402 e. The van der Waals surface area contributed by atoms with Crippen LogP contribution in [0.3, 0.4) is 0 Å². The van der Waals surface area contributed by atoms with Crippen molar-refractivity contribution in [3.05, 3.63) is 29.8 Å². The molecular weight excluding hydrogens is 158 g/mol. The molecule has 1 unspecified atom stereocenters. The van der Waals surface area contributed by atoms with E-state index in [1.54, 1.807) is 0 Å². The fourth-order valence-corrected chi connectivity index (χ4v) is 2.32. The second-order valence-corrected chi connectivity index (χ2v) is 3.68. The molecule has 13 heavy (non-hydrogen) atoms. The minimum absolute atomic E-state index is 0.738. The summed E-state index contributed by atoms with van der Waals surface area (Å²) in [7, 11) is 0. The number of rotatable bonds is 2. The molecule has 0 aliphatic carbocycles. The molecule has 0 saturated carbocycles. The van der Waals surface area contributed by atoms with Gasteiger partial charge in [0.15, 0.2) is 0 Å². The maximum atomic E-state index is 2.52. The van der Waals surface area contributed by atoms with Gasteiger partial charge in [-0.05, 0) is 31.4 Å². The number of anilines is 1. The topological polar surface area (TPSA) is 3.24 Å². The van der Waals surface area contributed by atoms with Crippen molar-refractivity contribution in [2.24, 2.45) is 0 Å². The van der Waals surface area contributed by atoms with Gasteiger partial charge in [0.2, 0.25) is 0 Å². The van der Waals surface area contributed by atoms with Crippen LogP contribution in [0.1, 0.15) is 25.8 Å². The summed E-state index contributed by atoms with van der Waals surface area (Å²) in [6.07, 6.45) is 2.49. The zero-order chi connectivity index (χ0) is 9.26. The molecule has 70 valence electrons. The van der Waals surface area contributed by atoms with E-state index in [2.05, 4.69) is 43.0 Å². The molecular formula is C12H17N. The van der Waals surface area contributed by atoms with E-state index in [0.717, 1.165) is 12.6 Å². The van der Waals surface area contributed by atoms with Crippen LogP contribution >= 0.6 is 0 Å². The molecule has 1 aliphatic rings. The number of hydrogen-bond acceptors (Lipinski definition) is 1. The molecule has 0 fully saturated rings. The first kappa shape index (κ1) is 8.61. The third kappa shape index (κ3) is 1.32. The number of hydrogen-bond donors (Lipinski definition) is 0. The van der Waals surface area contributed by atoms with Crippen LogP contribution < -0.4 is 4.90 Å². The Hall–Kier alpha value is -0.980. The van der Waals surface area contributed by atoms with Crippen molar-refractivity contribution >= 4 is 5.69 Å². The van der Waals surface area contributed by atoms with E-state index in [4.69, 9.17) is 0 Å². The Kier molecular flexibility index (Phi) is 2.26. The van der Waals surface area contributed by atoms with E-state index in [0.29, 0.717) is 0 Å². The van der Waals surface area contributed by atoms with Crippen molar-refractivity contribution < 1.29 is 0 Å². The third-order valence-corrected chi connectivity index (χ3v) is 3.01. The molecule has 1 heteroatoms. The van der Waals surface area contributed by atoms with Gasteiger partial charge in [0.05, 0.1) is 0 Å². The fourth-order valence-electron chi connectivity index (χ4n) is 2.32. The number of benzene rings is 1. The quantitative estimate of drug-likeness (QED) is 0.668. The number of nitrogens with zero attached hydrogens (tertiary/aromatic N) is 1. The maximum Gasteiger partial charge on any atom is 0.0402 e. The van der Waals surface area contributed by atoms with Gasteiger partial charge in [-0.2, -0.15) is 0 Å². The van der Waals surface area contributed by atoms with Gasteiger partial charge in [-0.15, -0.1) is 0 Å². The van der Waals surface area contributed by atoms with E-state index < -0.39 is 0 Å². The van der Waals surface area contributed by atoms with Gasteiger partial charge in [-0.25, -0.2) is 0 Å². The molecule has 0 saturated heterocycles. The monoisotopic (exact) mass is 175 g/mol. The highest BCUT2D eigenvalue weighted by Crippen LogP contribution is 2.32. The predicted molar refractivity (Wildman–Crippen MR) is 57.2 cm³/mol. The minimum Gasteiger partial charge on any atom is -0.368 e. The molecule has 0 amide bonds. The Morgan fingerprint density at radius 2 is 2.08 bits per heavy atom. The lowest BCUT2D eigenvalue weighted by atomic mass is 10.1. The van der Waals surface area contributed by atoms with Crippen molar-refractivity contribution in [2.45, 2.75) is 32.7 Å². The van der Waals surface area contributed by atoms with Crippen molar-refractivity contribution in [2.75, 3.05) is 11.4 Å². The number of fused-ring (bicyclic) bond motifs is 1. The van der Waals surface area contributed by atoms with Crippen molar-refractivity contribution in [3.8, 4) is 0 Å². The van der Waals surface area contributed by atoms with E-state index in [1.165, 1.54) is 24.1 Å². The molecule has 1 aromatic carbocycles. The summed E-state index contributed by atoms with van der Waals surface area (Å²) < 4.78 is 0. The van der Waals surface area contributed by atoms with Crippen molar-refractivity contribution in [3.63, 3.8) is 0 Å². The van der Waals surface area contributed by atoms with Crippen LogP contribution in [0.15, 0.2) is 24.3 Å². The lowest BCUT2D eigenvalue weighted by Gasteiger charge is -2.24. The van der Waals surface area contributed by atoms with E-state index in [9.17, 15) is 0 Å². The van der Waals surface area contributed by atoms with Gasteiger partial charge in [0.1, 0.15) is 0 Å². The Bertz CT molecular complexity index is 293. The first-order valence-corrected chi connectivity index (χ1v) is 5.21. The van der Waals surface area contributed by atoms with Crippen LogP contribution in [-0.4, -0.2) is 12.6 Å². The fraction of sp³-hybridized carbons (Fsp3) is 0.500. The van der Waals surface area contributed by atoms with E-state index in [-0.39, 0.29) is 0 Å². The van der Waals surface area contributed by atoms with Gasteiger partial charge in [0.25, 0.3) is 0 Å². The Balaban J connectivity index is 2.34.